The van der Waals surface area contributed by atoms with Crippen LogP contribution in [-0.2, 0) is 4.74 Å². The molecule has 10 heavy (non-hydrogen) atoms. The molecule has 0 unspecified atom stereocenters. The number of rotatable bonds is 0. The molecule has 0 aromatic heterocycles. The van der Waals surface area contributed by atoms with Crippen molar-refractivity contribution in [2.24, 2.45) is 5.11 Å². The molecule has 0 atom stereocenters. The summed E-state index contributed by atoms with van der Waals surface area (Å²) < 4.78 is 4.53. The van der Waals surface area contributed by atoms with Gasteiger partial charge in [-0.2, -0.15) is 0 Å². The molecule has 0 rings (SSSR count). The van der Waals surface area contributed by atoms with E-state index in [2.05, 4.69) is 9.85 Å². The summed E-state index contributed by atoms with van der Waals surface area (Å²) in [6, 6.07) is 0. The minimum absolute atomic E-state index is 0. The van der Waals surface area contributed by atoms with Gasteiger partial charge in [-0.25, -0.2) is 4.79 Å². The minimum Gasteiger partial charge on any atom is -0.701 e. The van der Waals surface area contributed by atoms with Gasteiger partial charge in [0.2, 0.25) is 0 Å². The van der Waals surface area contributed by atoms with Gasteiger partial charge in [-0.05, 0) is 20.8 Å². The van der Waals surface area contributed by atoms with Gasteiger partial charge in [-0.3, -0.25) is 0 Å². The molecule has 0 radical (unpaired) electrons. The topological polar surface area (TPSA) is 61.0 Å². The Balaban J connectivity index is 0. The Morgan fingerprint density at radius 1 is 1.50 bits per heavy atom. The van der Waals surface area contributed by atoms with Crippen LogP contribution >= 0.6 is 0 Å². The molecule has 52 valence electrons. The molecule has 0 bridgehead atoms. The van der Waals surface area contributed by atoms with Crippen molar-refractivity contribution in [3.63, 3.8) is 0 Å². The molecule has 0 aliphatic carbocycles. The Hall–Kier alpha value is -0.333. The van der Waals surface area contributed by atoms with Gasteiger partial charge < -0.3 is 15.4 Å². The Kier molecular flexibility index (Phi) is 5.53. The van der Waals surface area contributed by atoms with E-state index in [4.69, 9.17) is 5.53 Å². The van der Waals surface area contributed by atoms with E-state index in [-0.39, 0.29) is 18.9 Å². The molecule has 0 saturated carbocycles. The van der Waals surface area contributed by atoms with E-state index in [0.717, 1.165) is 0 Å². The van der Waals surface area contributed by atoms with Crippen molar-refractivity contribution in [1.29, 1.82) is 0 Å². The number of carbonyl (C=O) groups is 1. The van der Waals surface area contributed by atoms with Gasteiger partial charge in [0.25, 0.3) is 0 Å². The van der Waals surface area contributed by atoms with E-state index >= 15 is 0 Å². The van der Waals surface area contributed by atoms with Gasteiger partial charge in [-0.1, -0.05) is 0 Å². The monoisotopic (exact) mass is 136 g/mol. The number of hydrogen-bond donors (Lipinski definition) is 0. The SMILES string of the molecule is CC(C)(C)OC(=O)N=[N-].[Li+]. The maximum atomic E-state index is 10.2. The van der Waals surface area contributed by atoms with E-state index in [1.54, 1.807) is 20.8 Å². The van der Waals surface area contributed by atoms with Crippen molar-refractivity contribution in [2.75, 3.05) is 0 Å². The van der Waals surface area contributed by atoms with Crippen LogP contribution in [0.2, 0.25) is 0 Å². The summed E-state index contributed by atoms with van der Waals surface area (Å²) >= 11 is 0. The third kappa shape index (κ3) is 7.67. The van der Waals surface area contributed by atoms with Crippen molar-refractivity contribution in [3.05, 3.63) is 5.53 Å². The molecule has 0 aliphatic rings. The summed E-state index contributed by atoms with van der Waals surface area (Å²) in [5.41, 5.74) is 7.27. The fourth-order valence-corrected chi connectivity index (χ4v) is 0.282. The number of amides is 1. The Labute approximate surface area is 72.0 Å². The van der Waals surface area contributed by atoms with Gasteiger partial charge in [-0.15, -0.1) is 0 Å². The summed E-state index contributed by atoms with van der Waals surface area (Å²) in [7, 11) is 0. The van der Waals surface area contributed by atoms with Crippen LogP contribution < -0.4 is 18.9 Å². The van der Waals surface area contributed by atoms with Crippen LogP contribution in [0.5, 0.6) is 0 Å². The summed E-state index contributed by atoms with van der Waals surface area (Å²) in [5, 5.41) is 2.31. The maximum Gasteiger partial charge on any atom is 1.00 e. The Morgan fingerprint density at radius 2 is 1.90 bits per heavy atom. The third-order valence-corrected chi connectivity index (χ3v) is 0.475. The van der Waals surface area contributed by atoms with Crippen molar-refractivity contribution < 1.29 is 28.4 Å². The number of ether oxygens (including phenoxy) is 1. The van der Waals surface area contributed by atoms with Crippen molar-refractivity contribution in [1.82, 2.24) is 0 Å². The number of nitrogens with zero attached hydrogens (tertiary/aromatic N) is 2. The van der Waals surface area contributed by atoms with Gasteiger partial charge >= 0.3 is 25.0 Å². The van der Waals surface area contributed by atoms with Gasteiger partial charge in [0.15, 0.2) is 0 Å². The molecular formula is C5H9LiN2O2. The first kappa shape index (κ1) is 12.4. The molecule has 1 amide bonds. The van der Waals surface area contributed by atoms with Crippen LogP contribution in [0.25, 0.3) is 5.53 Å². The fourth-order valence-electron chi connectivity index (χ4n) is 0.282. The summed E-state index contributed by atoms with van der Waals surface area (Å²) in [6.45, 7) is 5.07. The second-order valence-corrected chi connectivity index (χ2v) is 2.58. The molecular weight excluding hydrogens is 127 g/mol. The standard InChI is InChI=1S/C5H9N2O2.Li/c1-5(2,3)9-4(8)7-6;/h1-3H3;/q-1;+1. The predicted molar refractivity (Wildman–Crippen MR) is 32.0 cm³/mol. The first-order chi connectivity index (χ1) is 3.95. The predicted octanol–water partition coefficient (Wildman–Crippen LogP) is -1.05. The van der Waals surface area contributed by atoms with Crippen LogP contribution in [0.15, 0.2) is 5.11 Å². The fraction of sp³-hybridized carbons (Fsp3) is 0.800. The van der Waals surface area contributed by atoms with Crippen LogP contribution in [0.3, 0.4) is 0 Å². The molecule has 0 N–H and O–H groups in total. The molecule has 0 heterocycles. The average Bonchev–Trinajstić information content (AvgIpc) is 1.62. The number of carbonyl (C=O) groups excluding carboxylic acids is 1. The molecule has 0 aromatic rings. The Bertz CT molecular complexity index is 130. The second kappa shape index (κ2) is 4.48. The summed E-state index contributed by atoms with van der Waals surface area (Å²) in [5.74, 6) is 0. The zero-order valence-electron chi connectivity index (χ0n) is 6.71. The van der Waals surface area contributed by atoms with Crippen LogP contribution in [0, 0.1) is 0 Å². The molecule has 4 nitrogen and oxygen atoms in total. The molecule has 0 spiro atoms. The molecule has 0 aromatic carbocycles. The van der Waals surface area contributed by atoms with Crippen LogP contribution in [0.4, 0.5) is 4.79 Å². The van der Waals surface area contributed by atoms with Crippen molar-refractivity contribution >= 4 is 6.09 Å². The Morgan fingerprint density at radius 3 is 2.00 bits per heavy atom. The van der Waals surface area contributed by atoms with E-state index in [9.17, 15) is 4.79 Å². The maximum absolute atomic E-state index is 10.2. The minimum atomic E-state index is -0.956. The van der Waals surface area contributed by atoms with E-state index in [0.29, 0.717) is 0 Å². The largest absolute Gasteiger partial charge is 1.00 e. The van der Waals surface area contributed by atoms with E-state index < -0.39 is 11.7 Å². The summed E-state index contributed by atoms with van der Waals surface area (Å²) in [6.07, 6.45) is -0.956. The zero-order valence-corrected chi connectivity index (χ0v) is 6.71. The number of hydrogen-bond acceptors (Lipinski definition) is 2. The van der Waals surface area contributed by atoms with Crippen molar-refractivity contribution in [3.8, 4) is 0 Å². The second-order valence-electron chi connectivity index (χ2n) is 2.58. The first-order valence-corrected chi connectivity index (χ1v) is 2.54. The summed E-state index contributed by atoms with van der Waals surface area (Å²) in [4.78, 5) is 10.2. The van der Waals surface area contributed by atoms with Crippen molar-refractivity contribution in [2.45, 2.75) is 26.4 Å². The normalized spacial score (nSPS) is 9.50. The average molecular weight is 136 g/mol. The van der Waals surface area contributed by atoms with E-state index in [1.165, 1.54) is 0 Å². The zero-order chi connectivity index (χ0) is 7.49. The van der Waals surface area contributed by atoms with Gasteiger partial charge in [0.1, 0.15) is 5.60 Å². The first-order valence-electron chi connectivity index (χ1n) is 2.54. The smallest absolute Gasteiger partial charge is 0.701 e. The van der Waals surface area contributed by atoms with Crippen LogP contribution in [0.1, 0.15) is 20.8 Å². The van der Waals surface area contributed by atoms with E-state index in [1.807, 2.05) is 0 Å². The van der Waals surface area contributed by atoms with Crippen LogP contribution in [-0.4, -0.2) is 11.7 Å². The quantitative estimate of drug-likeness (QED) is 0.315. The molecule has 0 aliphatic heterocycles. The van der Waals surface area contributed by atoms with Gasteiger partial charge in [0, 0.05) is 0 Å². The third-order valence-electron chi connectivity index (χ3n) is 0.475. The molecule has 0 fully saturated rings. The molecule has 0 saturated heterocycles. The van der Waals surface area contributed by atoms with Gasteiger partial charge in [0.05, 0.1) is 0 Å². The molecule has 5 heteroatoms.